The third-order valence-electron chi connectivity index (χ3n) is 4.16. The first kappa shape index (κ1) is 15.5. The average molecular weight is 293 g/mol. The molecule has 4 nitrogen and oxygen atoms in total. The van der Waals surface area contributed by atoms with Crippen molar-refractivity contribution in [3.63, 3.8) is 0 Å². The normalized spacial score (nSPS) is 23.1. The summed E-state index contributed by atoms with van der Waals surface area (Å²) in [5, 5.41) is 8.86. The monoisotopic (exact) mass is 293 g/mol. The standard InChI is InChI=1S/C16H20FNO3/c1-11-5-3-4-6-13(11)12(2)9-14(19)18-8-7-16(17,10-18)15(20)21/h3-6,12H,7-10H2,1-2H3,(H,20,21). The predicted octanol–water partition coefficient (Wildman–Crippen LogP) is 2.51. The summed E-state index contributed by atoms with van der Waals surface area (Å²) in [4.78, 5) is 24.4. The molecule has 1 saturated heterocycles. The minimum atomic E-state index is -2.29. The number of carbonyl (C=O) groups excluding carboxylic acids is 1. The van der Waals surface area contributed by atoms with Gasteiger partial charge in [0.1, 0.15) is 0 Å². The molecule has 1 heterocycles. The van der Waals surface area contributed by atoms with E-state index in [2.05, 4.69) is 0 Å². The van der Waals surface area contributed by atoms with Crippen molar-refractivity contribution < 1.29 is 19.1 Å². The van der Waals surface area contributed by atoms with Crippen LogP contribution in [0.15, 0.2) is 24.3 Å². The maximum atomic E-state index is 14.0. The molecule has 0 radical (unpaired) electrons. The first-order valence-corrected chi connectivity index (χ1v) is 7.09. The van der Waals surface area contributed by atoms with E-state index in [9.17, 15) is 14.0 Å². The van der Waals surface area contributed by atoms with Crippen LogP contribution in [0, 0.1) is 6.92 Å². The Hall–Kier alpha value is -1.91. The van der Waals surface area contributed by atoms with Crippen molar-refractivity contribution in [2.24, 2.45) is 0 Å². The molecule has 1 aliphatic heterocycles. The Bertz CT molecular complexity index is 560. The van der Waals surface area contributed by atoms with Crippen LogP contribution < -0.4 is 0 Å². The Kier molecular flexibility index (Phi) is 4.30. The quantitative estimate of drug-likeness (QED) is 0.928. The molecule has 1 aromatic carbocycles. The molecule has 0 aliphatic carbocycles. The summed E-state index contributed by atoms with van der Waals surface area (Å²) >= 11 is 0. The highest BCUT2D eigenvalue weighted by Gasteiger charge is 2.46. The molecule has 1 aromatic rings. The second kappa shape index (κ2) is 5.84. The number of carboxylic acid groups (broad SMARTS) is 1. The summed E-state index contributed by atoms with van der Waals surface area (Å²) < 4.78 is 14.0. The molecule has 5 heteroatoms. The van der Waals surface area contributed by atoms with E-state index in [-0.39, 0.29) is 37.8 Å². The highest BCUT2D eigenvalue weighted by Crippen LogP contribution is 2.29. The molecule has 1 fully saturated rings. The fourth-order valence-electron chi connectivity index (χ4n) is 2.80. The Balaban J connectivity index is 2.00. The van der Waals surface area contributed by atoms with Gasteiger partial charge in [0, 0.05) is 19.4 Å². The van der Waals surface area contributed by atoms with Gasteiger partial charge in [-0.05, 0) is 24.0 Å². The SMILES string of the molecule is Cc1ccccc1C(C)CC(=O)N1CCC(F)(C(=O)O)C1. The fraction of sp³-hybridized carbons (Fsp3) is 0.500. The molecular weight excluding hydrogens is 273 g/mol. The highest BCUT2D eigenvalue weighted by atomic mass is 19.1. The van der Waals surface area contributed by atoms with Gasteiger partial charge in [0.15, 0.2) is 0 Å². The number of hydrogen-bond donors (Lipinski definition) is 1. The summed E-state index contributed by atoms with van der Waals surface area (Å²) in [5.74, 6) is -1.64. The van der Waals surface area contributed by atoms with E-state index < -0.39 is 11.6 Å². The zero-order valence-electron chi connectivity index (χ0n) is 12.3. The van der Waals surface area contributed by atoms with Gasteiger partial charge in [-0.3, -0.25) is 4.79 Å². The van der Waals surface area contributed by atoms with Crippen LogP contribution in [0.5, 0.6) is 0 Å². The van der Waals surface area contributed by atoms with E-state index in [1.54, 1.807) is 0 Å². The van der Waals surface area contributed by atoms with E-state index in [1.807, 2.05) is 38.1 Å². The number of nitrogens with zero attached hydrogens (tertiary/aromatic N) is 1. The van der Waals surface area contributed by atoms with E-state index >= 15 is 0 Å². The van der Waals surface area contributed by atoms with Crippen molar-refractivity contribution in [1.82, 2.24) is 4.90 Å². The Labute approximate surface area is 123 Å². The molecule has 0 bridgehead atoms. The largest absolute Gasteiger partial charge is 0.479 e. The summed E-state index contributed by atoms with van der Waals surface area (Å²) in [7, 11) is 0. The van der Waals surface area contributed by atoms with Gasteiger partial charge in [-0.25, -0.2) is 9.18 Å². The Morgan fingerprint density at radius 3 is 2.67 bits per heavy atom. The number of carbonyl (C=O) groups is 2. The molecule has 1 aliphatic rings. The van der Waals surface area contributed by atoms with Crippen molar-refractivity contribution >= 4 is 11.9 Å². The zero-order valence-corrected chi connectivity index (χ0v) is 12.3. The van der Waals surface area contributed by atoms with Gasteiger partial charge in [-0.1, -0.05) is 31.2 Å². The number of rotatable bonds is 4. The van der Waals surface area contributed by atoms with Gasteiger partial charge < -0.3 is 10.0 Å². The number of aliphatic carboxylic acids is 1. The van der Waals surface area contributed by atoms with E-state index in [0.717, 1.165) is 11.1 Å². The van der Waals surface area contributed by atoms with Crippen LogP contribution in [0.25, 0.3) is 0 Å². The summed E-state index contributed by atoms with van der Waals surface area (Å²) in [6.07, 6.45) is 0.132. The maximum absolute atomic E-state index is 14.0. The molecule has 0 spiro atoms. The lowest BCUT2D eigenvalue weighted by atomic mass is 9.93. The van der Waals surface area contributed by atoms with Crippen molar-refractivity contribution in [2.75, 3.05) is 13.1 Å². The van der Waals surface area contributed by atoms with Crippen LogP contribution in [0.3, 0.4) is 0 Å². The summed E-state index contributed by atoms with van der Waals surface area (Å²) in [6, 6.07) is 7.84. The van der Waals surface area contributed by atoms with Crippen LogP contribution in [0.4, 0.5) is 4.39 Å². The molecule has 2 atom stereocenters. The van der Waals surface area contributed by atoms with Gasteiger partial charge in [-0.2, -0.15) is 0 Å². The average Bonchev–Trinajstić information content (AvgIpc) is 2.83. The lowest BCUT2D eigenvalue weighted by Crippen LogP contribution is -2.39. The third kappa shape index (κ3) is 3.23. The van der Waals surface area contributed by atoms with Crippen LogP contribution in [0.1, 0.15) is 36.8 Å². The number of aryl methyl sites for hydroxylation is 1. The van der Waals surface area contributed by atoms with Gasteiger partial charge >= 0.3 is 5.97 Å². The number of likely N-dealkylation sites (tertiary alicyclic amines) is 1. The summed E-state index contributed by atoms with van der Waals surface area (Å²) in [5.41, 5.74) is -0.0823. The number of halogens is 1. The van der Waals surface area contributed by atoms with Crippen LogP contribution in [-0.4, -0.2) is 40.6 Å². The van der Waals surface area contributed by atoms with Gasteiger partial charge in [0.25, 0.3) is 0 Å². The number of alkyl halides is 1. The second-order valence-electron chi connectivity index (χ2n) is 5.80. The highest BCUT2D eigenvalue weighted by molar-refractivity contribution is 5.82. The van der Waals surface area contributed by atoms with E-state index in [0.29, 0.717) is 0 Å². The maximum Gasteiger partial charge on any atom is 0.343 e. The van der Waals surface area contributed by atoms with Crippen molar-refractivity contribution in [3.05, 3.63) is 35.4 Å². The molecule has 2 unspecified atom stereocenters. The number of benzene rings is 1. The van der Waals surface area contributed by atoms with E-state index in [4.69, 9.17) is 5.11 Å². The smallest absolute Gasteiger partial charge is 0.343 e. The van der Waals surface area contributed by atoms with Crippen molar-refractivity contribution in [2.45, 2.75) is 38.3 Å². The van der Waals surface area contributed by atoms with Crippen molar-refractivity contribution in [1.29, 1.82) is 0 Å². The lowest BCUT2D eigenvalue weighted by molar-refractivity contribution is -0.150. The van der Waals surface area contributed by atoms with Crippen molar-refractivity contribution in [3.8, 4) is 0 Å². The topological polar surface area (TPSA) is 57.6 Å². The molecular formula is C16H20FNO3. The zero-order chi connectivity index (χ0) is 15.6. The Morgan fingerprint density at radius 1 is 1.43 bits per heavy atom. The number of hydrogen-bond acceptors (Lipinski definition) is 2. The van der Waals surface area contributed by atoms with E-state index in [1.165, 1.54) is 4.90 Å². The van der Waals surface area contributed by atoms with Gasteiger partial charge in [0.05, 0.1) is 6.54 Å². The van der Waals surface area contributed by atoms with Gasteiger partial charge in [0.2, 0.25) is 11.6 Å². The third-order valence-corrected chi connectivity index (χ3v) is 4.16. The molecule has 2 rings (SSSR count). The first-order chi connectivity index (χ1) is 9.83. The molecule has 21 heavy (non-hydrogen) atoms. The fourth-order valence-corrected chi connectivity index (χ4v) is 2.80. The minimum absolute atomic E-state index is 0.0261. The molecule has 0 aromatic heterocycles. The van der Waals surface area contributed by atoms with Gasteiger partial charge in [-0.15, -0.1) is 0 Å². The number of carboxylic acids is 1. The van der Waals surface area contributed by atoms with Crippen LogP contribution in [-0.2, 0) is 9.59 Å². The van der Waals surface area contributed by atoms with Crippen LogP contribution in [0.2, 0.25) is 0 Å². The summed E-state index contributed by atoms with van der Waals surface area (Å²) in [6.45, 7) is 3.77. The minimum Gasteiger partial charge on any atom is -0.479 e. The predicted molar refractivity (Wildman–Crippen MR) is 76.9 cm³/mol. The molecule has 1 N–H and O–H groups in total. The lowest BCUT2D eigenvalue weighted by Gasteiger charge is -2.21. The molecule has 1 amide bonds. The number of amides is 1. The second-order valence-corrected chi connectivity index (χ2v) is 5.80. The first-order valence-electron chi connectivity index (χ1n) is 7.09. The molecule has 0 saturated carbocycles. The van der Waals surface area contributed by atoms with Crippen LogP contribution >= 0.6 is 0 Å². The molecule has 114 valence electrons. The Morgan fingerprint density at radius 2 is 2.10 bits per heavy atom.